The van der Waals surface area contributed by atoms with E-state index < -0.39 is 11.6 Å². The molecule has 5 nitrogen and oxygen atoms in total. The van der Waals surface area contributed by atoms with E-state index in [9.17, 15) is 9.90 Å². The molecule has 2 fully saturated rings. The van der Waals surface area contributed by atoms with Crippen LogP contribution in [0.2, 0.25) is 0 Å². The molecule has 0 bridgehead atoms. The third kappa shape index (κ3) is 3.02. The molecular weight excluding hydrogens is 232 g/mol. The second kappa shape index (κ2) is 5.55. The first kappa shape index (κ1) is 13.8. The Morgan fingerprint density at radius 3 is 2.78 bits per heavy atom. The molecule has 3 N–H and O–H groups in total. The van der Waals surface area contributed by atoms with Gasteiger partial charge in [0.25, 0.3) is 0 Å². The Morgan fingerprint density at radius 2 is 2.17 bits per heavy atom. The SMILES string of the molecule is CC(O)(CN1CCCCC1C1CCCN1)C(=O)O. The molecule has 2 aliphatic heterocycles. The van der Waals surface area contributed by atoms with E-state index in [1.807, 2.05) is 0 Å². The van der Waals surface area contributed by atoms with Gasteiger partial charge in [-0.15, -0.1) is 0 Å². The van der Waals surface area contributed by atoms with E-state index in [1.165, 1.54) is 19.8 Å². The number of piperidine rings is 1. The lowest BCUT2D eigenvalue weighted by atomic mass is 9.92. The summed E-state index contributed by atoms with van der Waals surface area (Å²) >= 11 is 0. The molecular formula is C13H24N2O3. The lowest BCUT2D eigenvalue weighted by Crippen LogP contribution is -2.56. The molecule has 0 aromatic heterocycles. The van der Waals surface area contributed by atoms with E-state index in [-0.39, 0.29) is 6.54 Å². The van der Waals surface area contributed by atoms with Crippen LogP contribution in [-0.2, 0) is 4.79 Å². The first-order valence-corrected chi connectivity index (χ1v) is 6.94. The van der Waals surface area contributed by atoms with Crippen LogP contribution in [0.4, 0.5) is 0 Å². The molecule has 0 aliphatic carbocycles. The van der Waals surface area contributed by atoms with Crippen molar-refractivity contribution in [3.05, 3.63) is 0 Å². The number of β-amino-alcohol motifs (C(OH)–C–C–N with tert-alkyl or cyclic N) is 1. The van der Waals surface area contributed by atoms with Crippen molar-refractivity contribution in [2.24, 2.45) is 0 Å². The van der Waals surface area contributed by atoms with Gasteiger partial charge in [0.2, 0.25) is 0 Å². The number of rotatable bonds is 4. The van der Waals surface area contributed by atoms with E-state index in [4.69, 9.17) is 5.11 Å². The molecule has 0 spiro atoms. The monoisotopic (exact) mass is 256 g/mol. The van der Waals surface area contributed by atoms with Crippen LogP contribution in [-0.4, -0.2) is 58.4 Å². The Morgan fingerprint density at radius 1 is 1.39 bits per heavy atom. The molecule has 0 saturated carbocycles. The maximum atomic E-state index is 11.0. The molecule has 0 radical (unpaired) electrons. The molecule has 0 aromatic rings. The van der Waals surface area contributed by atoms with Gasteiger partial charge in [-0.3, -0.25) is 4.90 Å². The van der Waals surface area contributed by atoms with Crippen LogP contribution in [0.5, 0.6) is 0 Å². The van der Waals surface area contributed by atoms with Gasteiger partial charge in [-0.05, 0) is 45.7 Å². The van der Waals surface area contributed by atoms with Gasteiger partial charge in [0.15, 0.2) is 5.60 Å². The van der Waals surface area contributed by atoms with Crippen molar-refractivity contribution in [1.82, 2.24) is 10.2 Å². The minimum absolute atomic E-state index is 0.227. The van der Waals surface area contributed by atoms with E-state index >= 15 is 0 Å². The Labute approximate surface area is 108 Å². The van der Waals surface area contributed by atoms with Crippen molar-refractivity contribution >= 4 is 5.97 Å². The lowest BCUT2D eigenvalue weighted by Gasteiger charge is -2.41. The second-order valence-electron chi connectivity index (χ2n) is 5.82. The third-order valence-corrected chi connectivity index (χ3v) is 4.20. The molecule has 0 amide bonds. The average Bonchev–Trinajstić information content (AvgIpc) is 2.82. The second-order valence-corrected chi connectivity index (χ2v) is 5.82. The van der Waals surface area contributed by atoms with Crippen molar-refractivity contribution in [2.75, 3.05) is 19.6 Å². The van der Waals surface area contributed by atoms with Crippen LogP contribution in [0.3, 0.4) is 0 Å². The quantitative estimate of drug-likeness (QED) is 0.680. The Balaban J connectivity index is 2.01. The maximum absolute atomic E-state index is 11.0. The summed E-state index contributed by atoms with van der Waals surface area (Å²) in [5, 5.41) is 22.5. The van der Waals surface area contributed by atoms with Gasteiger partial charge < -0.3 is 15.5 Å². The highest BCUT2D eigenvalue weighted by Crippen LogP contribution is 2.25. The summed E-state index contributed by atoms with van der Waals surface area (Å²) in [4.78, 5) is 13.2. The third-order valence-electron chi connectivity index (χ3n) is 4.20. The zero-order valence-corrected chi connectivity index (χ0v) is 11.1. The Kier molecular flexibility index (Phi) is 4.25. The summed E-state index contributed by atoms with van der Waals surface area (Å²) in [5.74, 6) is -1.13. The Hall–Kier alpha value is -0.650. The fourth-order valence-electron chi connectivity index (χ4n) is 3.17. The molecule has 18 heavy (non-hydrogen) atoms. The molecule has 3 unspecified atom stereocenters. The molecule has 104 valence electrons. The highest BCUT2D eigenvalue weighted by atomic mass is 16.4. The largest absolute Gasteiger partial charge is 0.479 e. The van der Waals surface area contributed by atoms with E-state index in [0.717, 1.165) is 32.4 Å². The molecule has 2 saturated heterocycles. The lowest BCUT2D eigenvalue weighted by molar-refractivity contribution is -0.159. The van der Waals surface area contributed by atoms with Crippen molar-refractivity contribution in [1.29, 1.82) is 0 Å². The van der Waals surface area contributed by atoms with E-state index in [1.54, 1.807) is 0 Å². The molecule has 2 heterocycles. The van der Waals surface area contributed by atoms with Crippen LogP contribution in [0.25, 0.3) is 0 Å². The summed E-state index contributed by atoms with van der Waals surface area (Å²) in [6, 6.07) is 0.849. The average molecular weight is 256 g/mol. The molecule has 5 heteroatoms. The molecule has 0 aromatic carbocycles. The first-order chi connectivity index (χ1) is 8.50. The van der Waals surface area contributed by atoms with Gasteiger partial charge in [-0.2, -0.15) is 0 Å². The predicted octanol–water partition coefficient (Wildman–Crippen LogP) is 0.429. The minimum Gasteiger partial charge on any atom is -0.479 e. The number of aliphatic hydroxyl groups is 1. The standard InChI is InChI=1S/C13H24N2O3/c1-13(18,12(16)17)9-15-8-3-2-6-11(15)10-5-4-7-14-10/h10-11,14,18H,2-9H2,1H3,(H,16,17). The molecule has 3 atom stereocenters. The van der Waals surface area contributed by atoms with Gasteiger partial charge in [0.1, 0.15) is 0 Å². The Bertz CT molecular complexity index is 301. The number of nitrogens with one attached hydrogen (secondary N) is 1. The minimum atomic E-state index is -1.64. The summed E-state index contributed by atoms with van der Waals surface area (Å²) in [6.45, 7) is 3.57. The molecule has 2 aliphatic rings. The van der Waals surface area contributed by atoms with Crippen LogP contribution < -0.4 is 5.32 Å². The van der Waals surface area contributed by atoms with Crippen molar-refractivity contribution in [3.8, 4) is 0 Å². The highest BCUT2D eigenvalue weighted by Gasteiger charge is 2.38. The zero-order chi connectivity index (χ0) is 13.2. The van der Waals surface area contributed by atoms with Gasteiger partial charge in [-0.1, -0.05) is 6.42 Å². The van der Waals surface area contributed by atoms with Crippen molar-refractivity contribution in [2.45, 2.75) is 56.7 Å². The van der Waals surface area contributed by atoms with Gasteiger partial charge in [-0.25, -0.2) is 4.79 Å². The number of aliphatic carboxylic acids is 1. The molecule has 2 rings (SSSR count). The number of hydrogen-bond donors (Lipinski definition) is 3. The fourth-order valence-corrected chi connectivity index (χ4v) is 3.17. The zero-order valence-electron chi connectivity index (χ0n) is 11.1. The van der Waals surface area contributed by atoms with Gasteiger partial charge >= 0.3 is 5.97 Å². The van der Waals surface area contributed by atoms with Gasteiger partial charge in [0.05, 0.1) is 0 Å². The number of likely N-dealkylation sites (tertiary alicyclic amines) is 1. The number of carbonyl (C=O) groups is 1. The predicted molar refractivity (Wildman–Crippen MR) is 68.5 cm³/mol. The number of nitrogens with zero attached hydrogens (tertiary/aromatic N) is 1. The first-order valence-electron chi connectivity index (χ1n) is 6.94. The van der Waals surface area contributed by atoms with Crippen LogP contribution in [0.15, 0.2) is 0 Å². The summed E-state index contributed by atoms with van der Waals surface area (Å²) in [6.07, 6.45) is 5.77. The van der Waals surface area contributed by atoms with E-state index in [0.29, 0.717) is 12.1 Å². The maximum Gasteiger partial charge on any atom is 0.336 e. The normalized spacial score (nSPS) is 33.2. The summed E-state index contributed by atoms with van der Waals surface area (Å²) in [5.41, 5.74) is -1.64. The van der Waals surface area contributed by atoms with Gasteiger partial charge in [0, 0.05) is 18.6 Å². The van der Waals surface area contributed by atoms with E-state index in [2.05, 4.69) is 10.2 Å². The smallest absolute Gasteiger partial charge is 0.336 e. The van der Waals surface area contributed by atoms with Crippen molar-refractivity contribution < 1.29 is 15.0 Å². The number of carboxylic acid groups (broad SMARTS) is 1. The number of carboxylic acids is 1. The summed E-state index contributed by atoms with van der Waals surface area (Å²) in [7, 11) is 0. The van der Waals surface area contributed by atoms with Crippen LogP contribution >= 0.6 is 0 Å². The van der Waals surface area contributed by atoms with Crippen molar-refractivity contribution in [3.63, 3.8) is 0 Å². The highest BCUT2D eigenvalue weighted by molar-refractivity contribution is 5.76. The van der Waals surface area contributed by atoms with Crippen LogP contribution in [0, 0.1) is 0 Å². The van der Waals surface area contributed by atoms with Crippen LogP contribution in [0.1, 0.15) is 39.0 Å². The fraction of sp³-hybridized carbons (Fsp3) is 0.923. The topological polar surface area (TPSA) is 72.8 Å². The summed E-state index contributed by atoms with van der Waals surface area (Å²) < 4.78 is 0. The number of hydrogen-bond acceptors (Lipinski definition) is 4.